The molecule has 3 rings (SSSR count). The van der Waals surface area contributed by atoms with E-state index >= 15 is 0 Å². The fourth-order valence-electron chi connectivity index (χ4n) is 2.68. The van der Waals surface area contributed by atoms with Crippen LogP contribution >= 0.6 is 0 Å². The van der Waals surface area contributed by atoms with Crippen molar-refractivity contribution in [3.8, 4) is 11.3 Å². The molecule has 2 aromatic rings. The highest BCUT2D eigenvalue weighted by atomic mass is 15.3. The zero-order chi connectivity index (χ0) is 12.5. The molecule has 1 aliphatic rings. The summed E-state index contributed by atoms with van der Waals surface area (Å²) in [7, 11) is 2.02. The third-order valence-corrected chi connectivity index (χ3v) is 3.58. The quantitative estimate of drug-likeness (QED) is 0.831. The molecule has 0 atom stereocenters. The first-order valence-corrected chi connectivity index (χ1v) is 6.62. The highest BCUT2D eigenvalue weighted by Crippen LogP contribution is 2.31. The van der Waals surface area contributed by atoms with Crippen molar-refractivity contribution < 1.29 is 0 Å². The normalized spacial score (nSPS) is 14.8. The summed E-state index contributed by atoms with van der Waals surface area (Å²) in [5.41, 5.74) is 5.04. The van der Waals surface area contributed by atoms with Crippen LogP contribution in [0.15, 0.2) is 24.3 Å². The molecule has 1 N–H and O–H groups in total. The molecule has 0 saturated carbocycles. The molecule has 0 radical (unpaired) electrons. The first-order valence-electron chi connectivity index (χ1n) is 6.62. The molecular formula is C15H19N3. The smallest absolute Gasteiger partial charge is 0.127 e. The van der Waals surface area contributed by atoms with Gasteiger partial charge in [-0.25, -0.2) is 0 Å². The Hall–Kier alpha value is -1.77. The van der Waals surface area contributed by atoms with Crippen molar-refractivity contribution in [1.29, 1.82) is 0 Å². The molecule has 94 valence electrons. The van der Waals surface area contributed by atoms with E-state index < -0.39 is 0 Å². The molecule has 0 amide bonds. The predicted octanol–water partition coefficient (Wildman–Crippen LogP) is 3.14. The summed E-state index contributed by atoms with van der Waals surface area (Å²) in [6.07, 6.45) is 3.60. The Kier molecular flexibility index (Phi) is 2.82. The number of aromatic nitrogens is 2. The first kappa shape index (κ1) is 11.3. The van der Waals surface area contributed by atoms with Crippen LogP contribution in [0.2, 0.25) is 0 Å². The highest BCUT2D eigenvalue weighted by molar-refractivity contribution is 5.70. The van der Waals surface area contributed by atoms with E-state index in [-0.39, 0.29) is 0 Å². The number of fused-ring (bicyclic) bond motifs is 1. The lowest BCUT2D eigenvalue weighted by atomic mass is 10.0. The Morgan fingerprint density at radius 2 is 2.17 bits per heavy atom. The number of hydrogen-bond donors (Lipinski definition) is 1. The minimum Gasteiger partial charge on any atom is -0.370 e. The van der Waals surface area contributed by atoms with E-state index in [1.54, 1.807) is 0 Å². The molecule has 0 fully saturated rings. The van der Waals surface area contributed by atoms with Crippen LogP contribution in [-0.4, -0.2) is 16.3 Å². The summed E-state index contributed by atoms with van der Waals surface area (Å²) >= 11 is 0. The number of nitrogens with one attached hydrogen (secondary N) is 1. The van der Waals surface area contributed by atoms with Crippen LogP contribution in [0.5, 0.6) is 0 Å². The van der Waals surface area contributed by atoms with Gasteiger partial charge >= 0.3 is 0 Å². The SMILES string of the molecule is Cc1cccc(-c2nn(C)c3c2CCCCN3)c1. The van der Waals surface area contributed by atoms with Gasteiger partial charge in [-0.2, -0.15) is 5.10 Å². The van der Waals surface area contributed by atoms with E-state index in [1.165, 1.54) is 35.3 Å². The minimum atomic E-state index is 1.06. The maximum absolute atomic E-state index is 4.70. The van der Waals surface area contributed by atoms with E-state index in [4.69, 9.17) is 5.10 Å². The Labute approximate surface area is 108 Å². The molecule has 0 saturated heterocycles. The van der Waals surface area contributed by atoms with Gasteiger partial charge < -0.3 is 5.32 Å². The molecule has 3 nitrogen and oxygen atoms in total. The third kappa shape index (κ3) is 1.90. The second kappa shape index (κ2) is 4.48. The van der Waals surface area contributed by atoms with E-state index in [1.807, 2.05) is 11.7 Å². The third-order valence-electron chi connectivity index (χ3n) is 3.58. The van der Waals surface area contributed by atoms with Crippen molar-refractivity contribution >= 4 is 5.82 Å². The lowest BCUT2D eigenvalue weighted by Crippen LogP contribution is -2.04. The standard InChI is InChI=1S/C15H19N3/c1-11-6-5-7-12(10-11)14-13-8-3-4-9-16-15(13)18(2)17-14/h5-7,10,16H,3-4,8-9H2,1-2H3. The van der Waals surface area contributed by atoms with Crippen LogP contribution in [0, 0.1) is 6.92 Å². The number of aryl methyl sites for hydroxylation is 2. The van der Waals surface area contributed by atoms with Gasteiger partial charge in [0.15, 0.2) is 0 Å². The summed E-state index contributed by atoms with van der Waals surface area (Å²) < 4.78 is 1.98. The largest absolute Gasteiger partial charge is 0.370 e. The van der Waals surface area contributed by atoms with Gasteiger partial charge in [0, 0.05) is 24.7 Å². The predicted molar refractivity (Wildman–Crippen MR) is 74.8 cm³/mol. The second-order valence-electron chi connectivity index (χ2n) is 5.05. The summed E-state index contributed by atoms with van der Waals surface area (Å²) in [5.74, 6) is 1.20. The Bertz CT molecular complexity index is 569. The average Bonchev–Trinajstić information content (AvgIpc) is 2.55. The van der Waals surface area contributed by atoms with Crippen LogP contribution < -0.4 is 5.32 Å². The molecule has 1 aliphatic heterocycles. The van der Waals surface area contributed by atoms with E-state index in [2.05, 4.69) is 36.5 Å². The Morgan fingerprint density at radius 3 is 3.00 bits per heavy atom. The lowest BCUT2D eigenvalue weighted by Gasteiger charge is -2.04. The fourth-order valence-corrected chi connectivity index (χ4v) is 2.68. The van der Waals surface area contributed by atoms with Crippen molar-refractivity contribution in [2.24, 2.45) is 7.05 Å². The van der Waals surface area contributed by atoms with Crippen LogP contribution in [0.3, 0.4) is 0 Å². The van der Waals surface area contributed by atoms with Crippen LogP contribution in [0.1, 0.15) is 24.0 Å². The topological polar surface area (TPSA) is 29.9 Å². The van der Waals surface area contributed by atoms with E-state index in [0.717, 1.165) is 18.7 Å². The first-order chi connectivity index (χ1) is 8.75. The summed E-state index contributed by atoms with van der Waals surface area (Å²) in [5, 5.41) is 8.20. The van der Waals surface area contributed by atoms with Crippen LogP contribution in [-0.2, 0) is 13.5 Å². The zero-order valence-corrected chi connectivity index (χ0v) is 11.0. The molecular weight excluding hydrogens is 222 g/mol. The summed E-state index contributed by atoms with van der Waals surface area (Å²) in [6.45, 7) is 3.18. The molecule has 0 bridgehead atoms. The van der Waals surface area contributed by atoms with Gasteiger partial charge in [-0.15, -0.1) is 0 Å². The van der Waals surface area contributed by atoms with Gasteiger partial charge in [-0.3, -0.25) is 4.68 Å². The number of rotatable bonds is 1. The molecule has 1 aromatic heterocycles. The van der Waals surface area contributed by atoms with E-state index in [0.29, 0.717) is 0 Å². The highest BCUT2D eigenvalue weighted by Gasteiger charge is 2.18. The number of benzene rings is 1. The Morgan fingerprint density at radius 1 is 1.28 bits per heavy atom. The summed E-state index contributed by atoms with van der Waals surface area (Å²) in [6, 6.07) is 8.60. The lowest BCUT2D eigenvalue weighted by molar-refractivity contribution is 0.757. The minimum absolute atomic E-state index is 1.06. The van der Waals surface area contributed by atoms with Crippen molar-refractivity contribution in [3.63, 3.8) is 0 Å². The average molecular weight is 241 g/mol. The van der Waals surface area contributed by atoms with Gasteiger partial charge in [0.05, 0.1) is 5.69 Å². The van der Waals surface area contributed by atoms with Crippen molar-refractivity contribution in [1.82, 2.24) is 9.78 Å². The number of anilines is 1. The van der Waals surface area contributed by atoms with Gasteiger partial charge in [-0.1, -0.05) is 23.8 Å². The number of hydrogen-bond acceptors (Lipinski definition) is 2. The van der Waals surface area contributed by atoms with Gasteiger partial charge in [-0.05, 0) is 32.3 Å². The van der Waals surface area contributed by atoms with Gasteiger partial charge in [0.2, 0.25) is 0 Å². The van der Waals surface area contributed by atoms with Crippen molar-refractivity contribution in [2.45, 2.75) is 26.2 Å². The molecule has 0 aliphatic carbocycles. The Balaban J connectivity index is 2.12. The monoisotopic (exact) mass is 241 g/mol. The van der Waals surface area contributed by atoms with Crippen molar-refractivity contribution in [3.05, 3.63) is 35.4 Å². The molecule has 0 unspecified atom stereocenters. The van der Waals surface area contributed by atoms with Crippen molar-refractivity contribution in [2.75, 3.05) is 11.9 Å². The number of nitrogens with zero attached hydrogens (tertiary/aromatic N) is 2. The molecule has 3 heteroatoms. The van der Waals surface area contributed by atoms with Gasteiger partial charge in [0.25, 0.3) is 0 Å². The van der Waals surface area contributed by atoms with Crippen LogP contribution in [0.4, 0.5) is 5.82 Å². The second-order valence-corrected chi connectivity index (χ2v) is 5.05. The maximum Gasteiger partial charge on any atom is 0.127 e. The molecule has 2 heterocycles. The zero-order valence-electron chi connectivity index (χ0n) is 11.0. The fraction of sp³-hybridized carbons (Fsp3) is 0.400. The summed E-state index contributed by atoms with van der Waals surface area (Å²) in [4.78, 5) is 0. The molecule has 0 spiro atoms. The molecule has 1 aromatic carbocycles. The molecule has 18 heavy (non-hydrogen) atoms. The van der Waals surface area contributed by atoms with Gasteiger partial charge in [0.1, 0.15) is 5.82 Å². The van der Waals surface area contributed by atoms with E-state index in [9.17, 15) is 0 Å². The maximum atomic E-state index is 4.70. The van der Waals surface area contributed by atoms with Crippen LogP contribution in [0.25, 0.3) is 11.3 Å².